The maximum Gasteiger partial charge on any atom is 0.227 e. The lowest BCUT2D eigenvalue weighted by atomic mass is 9.93. The van der Waals surface area contributed by atoms with Gasteiger partial charge in [-0.15, -0.1) is 11.6 Å². The number of likely N-dealkylation sites (N-methyl/N-ethyl adjacent to an activating group) is 1. The van der Waals surface area contributed by atoms with Crippen LogP contribution >= 0.6 is 11.6 Å². The molecule has 104 valence electrons. The number of halogens is 1. The summed E-state index contributed by atoms with van der Waals surface area (Å²) in [5, 5.41) is 9.75. The number of amides is 1. The summed E-state index contributed by atoms with van der Waals surface area (Å²) in [7, 11) is 1.81. The molecule has 1 aliphatic rings. The summed E-state index contributed by atoms with van der Waals surface area (Å²) in [6.07, 6.45) is 4.44. The number of hydrogen-bond acceptors (Lipinski definition) is 2. The summed E-state index contributed by atoms with van der Waals surface area (Å²) in [4.78, 5) is 14.0. The topological polar surface area (TPSA) is 40.5 Å². The van der Waals surface area contributed by atoms with Crippen molar-refractivity contribution in [1.82, 2.24) is 4.90 Å². The molecule has 0 aliphatic heterocycles. The van der Waals surface area contributed by atoms with Gasteiger partial charge in [-0.3, -0.25) is 4.79 Å². The van der Waals surface area contributed by atoms with Gasteiger partial charge in [0.1, 0.15) is 5.75 Å². The van der Waals surface area contributed by atoms with E-state index in [1.165, 1.54) is 0 Å². The van der Waals surface area contributed by atoms with Crippen LogP contribution in [0.3, 0.4) is 0 Å². The Labute approximate surface area is 119 Å². The number of phenols is 1. The largest absolute Gasteiger partial charge is 0.508 e. The highest BCUT2D eigenvalue weighted by Gasteiger charge is 2.29. The van der Waals surface area contributed by atoms with E-state index in [4.69, 9.17) is 11.6 Å². The molecule has 0 saturated heterocycles. The van der Waals surface area contributed by atoms with Gasteiger partial charge in [-0.25, -0.2) is 0 Å². The van der Waals surface area contributed by atoms with E-state index < -0.39 is 0 Å². The number of nitrogens with zero attached hydrogens (tertiary/aromatic N) is 1. The van der Waals surface area contributed by atoms with E-state index >= 15 is 0 Å². The average Bonchev–Trinajstić information content (AvgIpc) is 2.41. The molecule has 1 amide bonds. The van der Waals surface area contributed by atoms with Crippen LogP contribution in [-0.2, 0) is 11.2 Å². The first-order valence-electron chi connectivity index (χ1n) is 6.76. The number of hydrogen-bond donors (Lipinski definition) is 1. The number of carbonyl (C=O) groups excluding carboxylic acids is 1. The van der Waals surface area contributed by atoms with Crippen molar-refractivity contribution >= 4 is 17.5 Å². The van der Waals surface area contributed by atoms with Crippen LogP contribution < -0.4 is 0 Å². The van der Waals surface area contributed by atoms with Gasteiger partial charge >= 0.3 is 0 Å². The Morgan fingerprint density at radius 1 is 1.37 bits per heavy atom. The first-order chi connectivity index (χ1) is 9.09. The Kier molecular flexibility index (Phi) is 4.70. The minimum Gasteiger partial charge on any atom is -0.508 e. The standard InChI is InChI=1S/C15H20ClNO2/c1-17(13-8-4-3-7-12(13)16)15(19)10-11-6-2-5-9-14(11)18/h2,5-6,9,12-13,18H,3-4,7-8,10H2,1H3. The van der Waals surface area contributed by atoms with Crippen LogP contribution in [0.25, 0.3) is 0 Å². The summed E-state index contributed by atoms with van der Waals surface area (Å²) in [5.74, 6) is 0.189. The Hall–Kier alpha value is -1.22. The van der Waals surface area contributed by atoms with Crippen molar-refractivity contribution in [3.05, 3.63) is 29.8 Å². The first kappa shape index (κ1) is 14.2. The SMILES string of the molecule is CN(C(=O)Cc1ccccc1O)C1CCCCC1Cl. The molecule has 0 heterocycles. The van der Waals surface area contributed by atoms with E-state index in [-0.39, 0.29) is 29.5 Å². The predicted octanol–water partition coefficient (Wildman–Crippen LogP) is 2.94. The Balaban J connectivity index is 2.01. The molecule has 2 rings (SSSR count). The summed E-state index contributed by atoms with van der Waals surface area (Å²) < 4.78 is 0. The first-order valence-corrected chi connectivity index (χ1v) is 7.20. The molecule has 1 aromatic carbocycles. The molecule has 2 unspecified atom stereocenters. The molecular weight excluding hydrogens is 262 g/mol. The normalized spacial score (nSPS) is 23.1. The summed E-state index contributed by atoms with van der Waals surface area (Å²) in [6, 6.07) is 7.08. The molecule has 0 bridgehead atoms. The Morgan fingerprint density at radius 3 is 2.74 bits per heavy atom. The zero-order valence-electron chi connectivity index (χ0n) is 11.2. The van der Waals surface area contributed by atoms with E-state index in [1.807, 2.05) is 13.1 Å². The maximum absolute atomic E-state index is 12.3. The van der Waals surface area contributed by atoms with Gasteiger partial charge in [0, 0.05) is 18.7 Å². The second-order valence-corrected chi connectivity index (χ2v) is 5.74. The minimum absolute atomic E-state index is 0.0130. The average molecular weight is 282 g/mol. The van der Waals surface area contributed by atoms with Crippen molar-refractivity contribution in [2.24, 2.45) is 0 Å². The second kappa shape index (κ2) is 6.29. The van der Waals surface area contributed by atoms with E-state index in [9.17, 15) is 9.90 Å². The zero-order valence-corrected chi connectivity index (χ0v) is 11.9. The Morgan fingerprint density at radius 2 is 2.05 bits per heavy atom. The van der Waals surface area contributed by atoms with Gasteiger partial charge in [0.15, 0.2) is 0 Å². The van der Waals surface area contributed by atoms with Gasteiger partial charge in [-0.1, -0.05) is 31.0 Å². The highest BCUT2D eigenvalue weighted by molar-refractivity contribution is 6.21. The summed E-state index contributed by atoms with van der Waals surface area (Å²) in [6.45, 7) is 0. The predicted molar refractivity (Wildman–Crippen MR) is 76.5 cm³/mol. The molecule has 0 radical (unpaired) electrons. The van der Waals surface area contributed by atoms with E-state index in [0.717, 1.165) is 25.7 Å². The van der Waals surface area contributed by atoms with Crippen molar-refractivity contribution < 1.29 is 9.90 Å². The van der Waals surface area contributed by atoms with E-state index in [0.29, 0.717) is 5.56 Å². The zero-order chi connectivity index (χ0) is 13.8. The molecule has 0 aromatic heterocycles. The van der Waals surface area contributed by atoms with Gasteiger partial charge in [-0.2, -0.15) is 0 Å². The highest BCUT2D eigenvalue weighted by Crippen LogP contribution is 2.27. The van der Waals surface area contributed by atoms with Crippen LogP contribution in [0.5, 0.6) is 5.75 Å². The number of aromatic hydroxyl groups is 1. The summed E-state index contributed by atoms with van der Waals surface area (Å²) in [5.41, 5.74) is 0.668. The third-order valence-corrected chi connectivity index (χ3v) is 4.38. The number of rotatable bonds is 3. The van der Waals surface area contributed by atoms with Gasteiger partial charge < -0.3 is 10.0 Å². The number of benzene rings is 1. The number of para-hydroxylation sites is 1. The lowest BCUT2D eigenvalue weighted by Gasteiger charge is -2.35. The third kappa shape index (κ3) is 3.41. The fourth-order valence-electron chi connectivity index (χ4n) is 2.64. The molecule has 1 aromatic rings. The quantitative estimate of drug-likeness (QED) is 0.866. The van der Waals surface area contributed by atoms with Crippen molar-refractivity contribution in [2.45, 2.75) is 43.5 Å². The molecule has 19 heavy (non-hydrogen) atoms. The number of carbonyl (C=O) groups is 1. The minimum atomic E-state index is 0.0130. The monoisotopic (exact) mass is 281 g/mol. The maximum atomic E-state index is 12.3. The van der Waals surface area contributed by atoms with Crippen LogP contribution in [0.1, 0.15) is 31.2 Å². The van der Waals surface area contributed by atoms with Crippen LogP contribution in [0, 0.1) is 0 Å². The van der Waals surface area contributed by atoms with E-state index in [2.05, 4.69) is 0 Å². The lowest BCUT2D eigenvalue weighted by Crippen LogP contribution is -2.44. The van der Waals surface area contributed by atoms with Crippen LogP contribution in [0.2, 0.25) is 0 Å². The van der Waals surface area contributed by atoms with Gasteiger partial charge in [0.2, 0.25) is 5.91 Å². The third-order valence-electron chi connectivity index (χ3n) is 3.87. The van der Waals surface area contributed by atoms with Crippen molar-refractivity contribution in [2.75, 3.05) is 7.05 Å². The molecule has 4 heteroatoms. The molecule has 1 N–H and O–H groups in total. The van der Waals surface area contributed by atoms with Crippen molar-refractivity contribution in [1.29, 1.82) is 0 Å². The molecule has 2 atom stereocenters. The summed E-state index contributed by atoms with van der Waals surface area (Å²) >= 11 is 6.31. The van der Waals surface area contributed by atoms with Crippen molar-refractivity contribution in [3.8, 4) is 5.75 Å². The van der Waals surface area contributed by atoms with Gasteiger partial charge in [0.05, 0.1) is 11.8 Å². The van der Waals surface area contributed by atoms with Gasteiger partial charge in [0.25, 0.3) is 0 Å². The second-order valence-electron chi connectivity index (χ2n) is 5.18. The Bertz CT molecular complexity index is 450. The fourth-order valence-corrected chi connectivity index (χ4v) is 3.08. The highest BCUT2D eigenvalue weighted by atomic mass is 35.5. The van der Waals surface area contributed by atoms with Crippen LogP contribution in [0.4, 0.5) is 0 Å². The molecule has 0 spiro atoms. The molecular formula is C15H20ClNO2. The lowest BCUT2D eigenvalue weighted by molar-refractivity contribution is -0.131. The van der Waals surface area contributed by atoms with Crippen LogP contribution in [0.15, 0.2) is 24.3 Å². The van der Waals surface area contributed by atoms with E-state index in [1.54, 1.807) is 23.1 Å². The van der Waals surface area contributed by atoms with Crippen molar-refractivity contribution in [3.63, 3.8) is 0 Å². The smallest absolute Gasteiger partial charge is 0.227 e. The molecule has 1 fully saturated rings. The molecule has 3 nitrogen and oxygen atoms in total. The number of alkyl halides is 1. The number of phenolic OH excluding ortho intramolecular Hbond substituents is 1. The fraction of sp³-hybridized carbons (Fsp3) is 0.533. The molecule has 1 aliphatic carbocycles. The van der Waals surface area contributed by atoms with Gasteiger partial charge in [-0.05, 0) is 18.9 Å². The van der Waals surface area contributed by atoms with Crippen LogP contribution in [-0.4, -0.2) is 34.4 Å². The molecule has 1 saturated carbocycles.